The Morgan fingerprint density at radius 1 is 1.00 bits per heavy atom. The third kappa shape index (κ3) is 4.70. The van der Waals surface area contributed by atoms with Gasteiger partial charge in [0.05, 0.1) is 11.7 Å². The molecule has 4 aromatic rings. The minimum Gasteiger partial charge on any atom is -0.484 e. The van der Waals surface area contributed by atoms with Crippen LogP contribution in [0.3, 0.4) is 0 Å². The number of hydrogen-bond acceptors (Lipinski definition) is 5. The van der Waals surface area contributed by atoms with Crippen molar-refractivity contribution in [2.24, 2.45) is 0 Å². The van der Waals surface area contributed by atoms with Gasteiger partial charge in [-0.2, -0.15) is 0 Å². The largest absolute Gasteiger partial charge is 0.484 e. The van der Waals surface area contributed by atoms with Crippen molar-refractivity contribution >= 4 is 5.91 Å². The van der Waals surface area contributed by atoms with Gasteiger partial charge in [-0.05, 0) is 46.2 Å². The molecule has 0 aliphatic carbocycles. The van der Waals surface area contributed by atoms with Crippen LogP contribution in [-0.4, -0.2) is 32.7 Å². The molecule has 0 aliphatic rings. The highest BCUT2D eigenvalue weighted by atomic mass is 16.5. The Bertz CT molecular complexity index is 1100. The summed E-state index contributed by atoms with van der Waals surface area (Å²) in [5, 5.41) is 14.0. The Labute approximate surface area is 174 Å². The third-order valence-electron chi connectivity index (χ3n) is 4.70. The fourth-order valence-electron chi connectivity index (χ4n) is 3.11. The average molecular weight is 399 g/mol. The molecule has 7 nitrogen and oxygen atoms in total. The highest BCUT2D eigenvalue weighted by Gasteiger charge is 2.11. The van der Waals surface area contributed by atoms with Gasteiger partial charge < -0.3 is 10.1 Å². The minimum atomic E-state index is -0.192. The predicted molar refractivity (Wildman–Crippen MR) is 113 cm³/mol. The lowest BCUT2D eigenvalue weighted by molar-refractivity contribution is -0.123. The topological polar surface area (TPSA) is 81.9 Å². The van der Waals surface area contributed by atoms with E-state index in [1.807, 2.05) is 49.4 Å². The van der Waals surface area contributed by atoms with Crippen LogP contribution in [0.1, 0.15) is 18.5 Å². The third-order valence-corrected chi connectivity index (χ3v) is 4.70. The van der Waals surface area contributed by atoms with E-state index in [2.05, 4.69) is 45.1 Å². The van der Waals surface area contributed by atoms with Crippen LogP contribution in [0.2, 0.25) is 0 Å². The van der Waals surface area contributed by atoms with E-state index in [1.165, 1.54) is 11.0 Å². The van der Waals surface area contributed by atoms with E-state index in [0.29, 0.717) is 5.75 Å². The number of tetrazole rings is 1. The van der Waals surface area contributed by atoms with Crippen molar-refractivity contribution in [3.63, 3.8) is 0 Å². The molecule has 3 aromatic carbocycles. The zero-order chi connectivity index (χ0) is 20.8. The maximum atomic E-state index is 12.3. The van der Waals surface area contributed by atoms with Crippen molar-refractivity contribution in [1.29, 1.82) is 0 Å². The zero-order valence-electron chi connectivity index (χ0n) is 16.5. The summed E-state index contributed by atoms with van der Waals surface area (Å²) in [4.78, 5) is 12.3. The number of amides is 1. The number of aromatic nitrogens is 4. The number of nitrogens with zero attached hydrogens (tertiary/aromatic N) is 4. The van der Waals surface area contributed by atoms with Crippen LogP contribution in [0, 0.1) is 0 Å². The van der Waals surface area contributed by atoms with Gasteiger partial charge in [-0.1, -0.05) is 60.7 Å². The second-order valence-electron chi connectivity index (χ2n) is 6.82. The van der Waals surface area contributed by atoms with Crippen molar-refractivity contribution in [2.75, 3.05) is 6.61 Å². The van der Waals surface area contributed by atoms with Crippen LogP contribution in [0.5, 0.6) is 5.75 Å². The summed E-state index contributed by atoms with van der Waals surface area (Å²) >= 11 is 0. The number of nitrogens with one attached hydrogen (secondary N) is 1. The molecule has 1 N–H and O–H groups in total. The van der Waals surface area contributed by atoms with Crippen LogP contribution in [0.25, 0.3) is 16.8 Å². The molecule has 1 aromatic heterocycles. The summed E-state index contributed by atoms with van der Waals surface area (Å²) in [6.07, 6.45) is 1.50. The van der Waals surface area contributed by atoms with Crippen molar-refractivity contribution in [3.05, 3.63) is 90.8 Å². The number of ether oxygens (including phenoxy) is 1. The molecule has 7 heteroatoms. The van der Waals surface area contributed by atoms with E-state index >= 15 is 0 Å². The molecule has 0 radical (unpaired) electrons. The van der Waals surface area contributed by atoms with Gasteiger partial charge in [0.25, 0.3) is 5.91 Å². The van der Waals surface area contributed by atoms with Gasteiger partial charge in [0.1, 0.15) is 12.1 Å². The first kappa shape index (κ1) is 19.3. The minimum absolute atomic E-state index is 0.0779. The average Bonchev–Trinajstić information content (AvgIpc) is 3.34. The number of benzene rings is 3. The second-order valence-corrected chi connectivity index (χ2v) is 6.82. The van der Waals surface area contributed by atoms with Crippen LogP contribution >= 0.6 is 0 Å². The van der Waals surface area contributed by atoms with E-state index in [4.69, 9.17) is 4.74 Å². The maximum Gasteiger partial charge on any atom is 0.258 e. The smallest absolute Gasteiger partial charge is 0.258 e. The Morgan fingerprint density at radius 2 is 1.77 bits per heavy atom. The molecule has 0 saturated heterocycles. The van der Waals surface area contributed by atoms with Gasteiger partial charge in [0.2, 0.25) is 0 Å². The van der Waals surface area contributed by atoms with Crippen molar-refractivity contribution in [1.82, 2.24) is 25.5 Å². The molecule has 30 heavy (non-hydrogen) atoms. The van der Waals surface area contributed by atoms with Crippen LogP contribution in [-0.2, 0) is 4.79 Å². The molecular weight excluding hydrogens is 378 g/mol. The number of carbonyl (C=O) groups is 1. The molecule has 4 rings (SSSR count). The monoisotopic (exact) mass is 399 g/mol. The summed E-state index contributed by atoms with van der Waals surface area (Å²) in [5.41, 5.74) is 4.09. The van der Waals surface area contributed by atoms with E-state index < -0.39 is 0 Å². The second kappa shape index (κ2) is 9.00. The standard InChI is InChI=1S/C23H21N5O2/c1-17(18-10-12-20(13-11-18)19-6-3-2-4-7-19)25-23(29)15-30-22-9-5-8-21(14-22)28-16-24-26-27-28/h2-14,16-17H,15H2,1H3,(H,25,29). The Hall–Kier alpha value is -4.00. The molecule has 1 unspecified atom stereocenters. The van der Waals surface area contributed by atoms with Crippen LogP contribution in [0.4, 0.5) is 0 Å². The normalized spacial score (nSPS) is 11.6. The fraction of sp³-hybridized carbons (Fsp3) is 0.130. The highest BCUT2D eigenvalue weighted by molar-refractivity contribution is 5.78. The molecule has 0 aliphatic heterocycles. The SMILES string of the molecule is CC(NC(=O)COc1cccc(-n2cnnn2)c1)c1ccc(-c2ccccc2)cc1. The molecule has 1 amide bonds. The van der Waals surface area contributed by atoms with Gasteiger partial charge >= 0.3 is 0 Å². The summed E-state index contributed by atoms with van der Waals surface area (Å²) in [5.74, 6) is 0.375. The van der Waals surface area contributed by atoms with Gasteiger partial charge in [-0.25, -0.2) is 4.68 Å². The van der Waals surface area contributed by atoms with E-state index in [0.717, 1.165) is 22.4 Å². The summed E-state index contributed by atoms with van der Waals surface area (Å²) in [7, 11) is 0. The lowest BCUT2D eigenvalue weighted by Gasteiger charge is -2.15. The van der Waals surface area contributed by atoms with E-state index in [9.17, 15) is 4.79 Å². The van der Waals surface area contributed by atoms with Crippen molar-refractivity contribution in [3.8, 4) is 22.6 Å². The molecule has 1 heterocycles. The number of rotatable bonds is 7. The lowest BCUT2D eigenvalue weighted by atomic mass is 10.0. The molecular formula is C23H21N5O2. The van der Waals surface area contributed by atoms with Gasteiger partial charge in [0.15, 0.2) is 6.61 Å². The molecule has 0 saturated carbocycles. The first-order valence-electron chi connectivity index (χ1n) is 9.60. The molecule has 1 atom stereocenters. The van der Waals surface area contributed by atoms with Crippen LogP contribution in [0.15, 0.2) is 85.2 Å². The maximum absolute atomic E-state index is 12.3. The molecule has 150 valence electrons. The molecule has 0 bridgehead atoms. The summed E-state index contributed by atoms with van der Waals surface area (Å²) in [6, 6.07) is 25.5. The summed E-state index contributed by atoms with van der Waals surface area (Å²) < 4.78 is 7.15. The quantitative estimate of drug-likeness (QED) is 0.514. The molecule has 0 spiro atoms. The summed E-state index contributed by atoms with van der Waals surface area (Å²) in [6.45, 7) is 1.87. The lowest BCUT2D eigenvalue weighted by Crippen LogP contribution is -2.31. The fourth-order valence-corrected chi connectivity index (χ4v) is 3.11. The number of carbonyl (C=O) groups excluding carboxylic acids is 1. The van der Waals surface area contributed by atoms with E-state index in [-0.39, 0.29) is 18.6 Å². The number of hydrogen-bond donors (Lipinski definition) is 1. The highest BCUT2D eigenvalue weighted by Crippen LogP contribution is 2.22. The Balaban J connectivity index is 1.32. The van der Waals surface area contributed by atoms with Crippen LogP contribution < -0.4 is 10.1 Å². The molecule has 0 fully saturated rings. The zero-order valence-corrected chi connectivity index (χ0v) is 16.5. The van der Waals surface area contributed by atoms with E-state index in [1.54, 1.807) is 12.1 Å². The van der Waals surface area contributed by atoms with Crippen molar-refractivity contribution in [2.45, 2.75) is 13.0 Å². The van der Waals surface area contributed by atoms with Gasteiger partial charge in [-0.3, -0.25) is 4.79 Å². The predicted octanol–water partition coefficient (Wildman–Crippen LogP) is 3.59. The Kier molecular flexibility index (Phi) is 5.80. The first-order chi connectivity index (χ1) is 14.7. The first-order valence-corrected chi connectivity index (χ1v) is 9.60. The van der Waals surface area contributed by atoms with Gasteiger partial charge in [0, 0.05) is 6.07 Å². The van der Waals surface area contributed by atoms with Gasteiger partial charge in [-0.15, -0.1) is 5.10 Å². The Morgan fingerprint density at radius 3 is 2.50 bits per heavy atom. The van der Waals surface area contributed by atoms with Crippen molar-refractivity contribution < 1.29 is 9.53 Å².